The summed E-state index contributed by atoms with van der Waals surface area (Å²) in [6.45, 7) is 5.78. The van der Waals surface area contributed by atoms with Crippen molar-refractivity contribution < 1.29 is 9.53 Å². The van der Waals surface area contributed by atoms with Crippen molar-refractivity contribution in [3.8, 4) is 11.8 Å². The van der Waals surface area contributed by atoms with Crippen molar-refractivity contribution in [3.05, 3.63) is 29.8 Å². The summed E-state index contributed by atoms with van der Waals surface area (Å²) in [5.74, 6) is 0.468. The first-order valence-electron chi connectivity index (χ1n) is 6.54. The summed E-state index contributed by atoms with van der Waals surface area (Å²) >= 11 is 0. The number of nitrogens with zero attached hydrogens (tertiary/aromatic N) is 1. The second-order valence-electron chi connectivity index (χ2n) is 4.59. The molecule has 4 nitrogen and oxygen atoms in total. The summed E-state index contributed by atoms with van der Waals surface area (Å²) in [6.07, 6.45) is 1.44. The third-order valence-electron chi connectivity index (χ3n) is 2.78. The summed E-state index contributed by atoms with van der Waals surface area (Å²) in [5.41, 5.74) is 0.570. The van der Waals surface area contributed by atoms with Gasteiger partial charge in [-0.15, -0.1) is 0 Å². The van der Waals surface area contributed by atoms with Crippen LogP contribution >= 0.6 is 0 Å². The van der Waals surface area contributed by atoms with E-state index in [2.05, 4.69) is 12.2 Å². The molecule has 0 aliphatic heterocycles. The molecule has 0 radical (unpaired) electrons. The molecule has 2 unspecified atom stereocenters. The van der Waals surface area contributed by atoms with Crippen LogP contribution in [0.15, 0.2) is 24.3 Å². The van der Waals surface area contributed by atoms with E-state index in [4.69, 9.17) is 10.00 Å². The van der Waals surface area contributed by atoms with E-state index in [0.29, 0.717) is 11.3 Å². The maximum absolute atomic E-state index is 11.9. The average molecular weight is 260 g/mol. The van der Waals surface area contributed by atoms with Crippen LogP contribution in [0.3, 0.4) is 0 Å². The molecular weight excluding hydrogens is 240 g/mol. The molecule has 0 saturated heterocycles. The molecule has 102 valence electrons. The first-order chi connectivity index (χ1) is 9.06. The maximum atomic E-state index is 11.9. The van der Waals surface area contributed by atoms with E-state index in [-0.39, 0.29) is 11.9 Å². The molecule has 0 fully saturated rings. The quantitative estimate of drug-likeness (QED) is 0.855. The molecule has 2 atom stereocenters. The summed E-state index contributed by atoms with van der Waals surface area (Å²) in [4.78, 5) is 11.9. The molecule has 0 spiro atoms. The van der Waals surface area contributed by atoms with E-state index in [9.17, 15) is 4.79 Å². The first-order valence-corrected chi connectivity index (χ1v) is 6.54. The summed E-state index contributed by atoms with van der Waals surface area (Å²) in [7, 11) is 0. The highest BCUT2D eigenvalue weighted by Gasteiger charge is 2.16. The summed E-state index contributed by atoms with van der Waals surface area (Å²) < 4.78 is 5.53. The molecule has 1 N–H and O–H groups in total. The van der Waals surface area contributed by atoms with Crippen molar-refractivity contribution in [2.75, 3.05) is 0 Å². The first kappa shape index (κ1) is 15.0. The minimum Gasteiger partial charge on any atom is -0.481 e. The van der Waals surface area contributed by atoms with Crippen LogP contribution in [0.2, 0.25) is 0 Å². The van der Waals surface area contributed by atoms with Gasteiger partial charge in [0.05, 0.1) is 11.6 Å². The smallest absolute Gasteiger partial charge is 0.260 e. The van der Waals surface area contributed by atoms with E-state index in [1.807, 2.05) is 13.0 Å². The van der Waals surface area contributed by atoms with Gasteiger partial charge in [-0.3, -0.25) is 4.79 Å². The Hall–Kier alpha value is -2.02. The molecular formula is C15H20N2O2. The molecule has 4 heteroatoms. The number of nitrogens with one attached hydrogen (secondary N) is 1. The minimum atomic E-state index is -0.549. The fraction of sp³-hybridized carbons (Fsp3) is 0.467. The normalized spacial score (nSPS) is 13.2. The predicted molar refractivity (Wildman–Crippen MR) is 73.8 cm³/mol. The van der Waals surface area contributed by atoms with Gasteiger partial charge >= 0.3 is 0 Å². The standard InChI is InChI=1S/C15H20N2O2/c1-4-5-11(2)17-15(18)12(3)19-14-8-6-13(10-16)7-9-14/h6-9,11-12H,4-5H2,1-3H3,(H,17,18). The lowest BCUT2D eigenvalue weighted by atomic mass is 10.2. The molecule has 1 aromatic rings. The molecule has 0 aliphatic rings. The van der Waals surface area contributed by atoms with Crippen LogP contribution in [0.25, 0.3) is 0 Å². The second kappa shape index (κ2) is 7.42. The molecule has 0 bridgehead atoms. The Kier molecular flexibility index (Phi) is 5.87. The van der Waals surface area contributed by atoms with Crippen LogP contribution in [0.4, 0.5) is 0 Å². The molecule has 1 aromatic carbocycles. The highest BCUT2D eigenvalue weighted by atomic mass is 16.5. The lowest BCUT2D eigenvalue weighted by Gasteiger charge is -2.18. The molecule has 0 heterocycles. The average Bonchev–Trinajstić information content (AvgIpc) is 2.39. The Morgan fingerprint density at radius 1 is 1.37 bits per heavy atom. The lowest BCUT2D eigenvalue weighted by Crippen LogP contribution is -2.41. The van der Waals surface area contributed by atoms with Gasteiger partial charge in [0.15, 0.2) is 6.10 Å². The molecule has 0 saturated carbocycles. The number of hydrogen-bond acceptors (Lipinski definition) is 3. The number of benzene rings is 1. The van der Waals surface area contributed by atoms with Crippen molar-refractivity contribution in [2.24, 2.45) is 0 Å². The van der Waals surface area contributed by atoms with Crippen molar-refractivity contribution >= 4 is 5.91 Å². The van der Waals surface area contributed by atoms with Gasteiger partial charge < -0.3 is 10.1 Å². The predicted octanol–water partition coefficient (Wildman–Crippen LogP) is 2.63. The molecule has 19 heavy (non-hydrogen) atoms. The zero-order valence-electron chi connectivity index (χ0n) is 11.6. The van der Waals surface area contributed by atoms with Gasteiger partial charge in [0.2, 0.25) is 0 Å². The Balaban J connectivity index is 2.51. The maximum Gasteiger partial charge on any atom is 0.260 e. The van der Waals surface area contributed by atoms with E-state index >= 15 is 0 Å². The van der Waals surface area contributed by atoms with E-state index in [1.165, 1.54) is 0 Å². The monoisotopic (exact) mass is 260 g/mol. The van der Waals surface area contributed by atoms with Crippen molar-refractivity contribution in [1.82, 2.24) is 5.32 Å². The van der Waals surface area contributed by atoms with Crippen LogP contribution in [0.5, 0.6) is 5.75 Å². The second-order valence-corrected chi connectivity index (χ2v) is 4.59. The van der Waals surface area contributed by atoms with Crippen molar-refractivity contribution in [3.63, 3.8) is 0 Å². The number of carbonyl (C=O) groups excluding carboxylic acids is 1. The number of hydrogen-bond donors (Lipinski definition) is 1. The Bertz CT molecular complexity index is 448. The fourth-order valence-electron chi connectivity index (χ4n) is 1.73. The molecule has 0 aromatic heterocycles. The van der Waals surface area contributed by atoms with Gasteiger partial charge in [0, 0.05) is 6.04 Å². The highest BCUT2D eigenvalue weighted by molar-refractivity contribution is 5.80. The van der Waals surface area contributed by atoms with E-state index in [1.54, 1.807) is 31.2 Å². The van der Waals surface area contributed by atoms with Crippen LogP contribution in [-0.2, 0) is 4.79 Å². The molecule has 1 rings (SSSR count). The summed E-state index contributed by atoms with van der Waals surface area (Å²) in [6, 6.07) is 8.91. The van der Waals surface area contributed by atoms with Crippen LogP contribution in [-0.4, -0.2) is 18.1 Å². The van der Waals surface area contributed by atoms with E-state index < -0.39 is 6.10 Å². The number of carbonyl (C=O) groups is 1. The number of ether oxygens (including phenoxy) is 1. The van der Waals surface area contributed by atoms with Gasteiger partial charge in [-0.1, -0.05) is 13.3 Å². The van der Waals surface area contributed by atoms with E-state index in [0.717, 1.165) is 12.8 Å². The van der Waals surface area contributed by atoms with Gasteiger partial charge in [0.1, 0.15) is 5.75 Å². The highest BCUT2D eigenvalue weighted by Crippen LogP contribution is 2.13. The van der Waals surface area contributed by atoms with Crippen LogP contribution in [0, 0.1) is 11.3 Å². The fourth-order valence-corrected chi connectivity index (χ4v) is 1.73. The zero-order valence-corrected chi connectivity index (χ0v) is 11.6. The largest absolute Gasteiger partial charge is 0.481 e. The number of rotatable bonds is 6. The molecule has 0 aliphatic carbocycles. The third-order valence-corrected chi connectivity index (χ3v) is 2.78. The zero-order chi connectivity index (χ0) is 14.3. The van der Waals surface area contributed by atoms with Crippen molar-refractivity contribution in [1.29, 1.82) is 5.26 Å². The lowest BCUT2D eigenvalue weighted by molar-refractivity contribution is -0.127. The third kappa shape index (κ3) is 5.01. The molecule has 1 amide bonds. The Morgan fingerprint density at radius 2 is 2.00 bits per heavy atom. The van der Waals surface area contributed by atoms with Gasteiger partial charge in [-0.2, -0.15) is 5.26 Å². The van der Waals surface area contributed by atoms with Crippen LogP contribution < -0.4 is 10.1 Å². The SMILES string of the molecule is CCCC(C)NC(=O)C(C)Oc1ccc(C#N)cc1. The Morgan fingerprint density at radius 3 is 2.53 bits per heavy atom. The number of nitriles is 1. The van der Waals surface area contributed by atoms with Gasteiger partial charge in [0.25, 0.3) is 5.91 Å². The van der Waals surface area contributed by atoms with Gasteiger partial charge in [-0.25, -0.2) is 0 Å². The van der Waals surface area contributed by atoms with Crippen LogP contribution in [0.1, 0.15) is 39.2 Å². The summed E-state index contributed by atoms with van der Waals surface area (Å²) in [5, 5.41) is 11.6. The van der Waals surface area contributed by atoms with Crippen molar-refractivity contribution in [2.45, 2.75) is 45.8 Å². The number of amides is 1. The topological polar surface area (TPSA) is 62.1 Å². The minimum absolute atomic E-state index is 0.120. The Labute approximate surface area is 114 Å². The van der Waals surface area contributed by atoms with Gasteiger partial charge in [-0.05, 0) is 44.5 Å².